The van der Waals surface area contributed by atoms with Crippen molar-refractivity contribution < 1.29 is 9.47 Å². The van der Waals surface area contributed by atoms with Gasteiger partial charge in [-0.15, -0.1) is 0 Å². The topological polar surface area (TPSA) is 18.5 Å². The highest BCUT2D eigenvalue weighted by Crippen LogP contribution is 2.26. The van der Waals surface area contributed by atoms with Gasteiger partial charge in [0, 0.05) is 13.0 Å². The Bertz CT molecular complexity index is 254. The lowest BCUT2D eigenvalue weighted by Gasteiger charge is -2.21. The summed E-state index contributed by atoms with van der Waals surface area (Å²) in [5.41, 5.74) is 0.315. The van der Waals surface area contributed by atoms with Crippen molar-refractivity contribution in [2.24, 2.45) is 5.41 Å². The predicted molar refractivity (Wildman–Crippen MR) is 70.6 cm³/mol. The molecule has 1 heterocycles. The highest BCUT2D eigenvalue weighted by Gasteiger charge is 2.16. The lowest BCUT2D eigenvalue weighted by atomic mass is 9.84. The number of rotatable bonds is 5. The average molecular weight is 238 g/mol. The fraction of sp³-hybridized carbons (Fsp3) is 0.867. The van der Waals surface area contributed by atoms with E-state index in [9.17, 15) is 0 Å². The van der Waals surface area contributed by atoms with Crippen molar-refractivity contribution >= 4 is 0 Å². The quantitative estimate of drug-likeness (QED) is 0.679. The van der Waals surface area contributed by atoms with Crippen molar-refractivity contribution in [1.82, 2.24) is 0 Å². The van der Waals surface area contributed by atoms with E-state index in [2.05, 4.69) is 32.8 Å². The number of ether oxygens (including phenoxy) is 2. The molecule has 2 heteroatoms. The van der Waals surface area contributed by atoms with Gasteiger partial charge in [-0.25, -0.2) is 0 Å². The zero-order valence-corrected chi connectivity index (χ0v) is 11.6. The molecule has 0 radical (unpaired) electrons. The molecule has 1 fully saturated rings. The zero-order valence-electron chi connectivity index (χ0n) is 11.6. The molecule has 17 heavy (non-hydrogen) atoms. The Morgan fingerprint density at radius 1 is 1.41 bits per heavy atom. The van der Waals surface area contributed by atoms with Crippen LogP contribution in [0.1, 0.15) is 59.3 Å². The van der Waals surface area contributed by atoms with Crippen molar-refractivity contribution in [3.63, 3.8) is 0 Å². The molecule has 2 nitrogen and oxygen atoms in total. The van der Waals surface area contributed by atoms with Crippen molar-refractivity contribution in [3.05, 3.63) is 0 Å². The molecule has 1 aliphatic heterocycles. The van der Waals surface area contributed by atoms with Crippen molar-refractivity contribution in [2.75, 3.05) is 13.2 Å². The summed E-state index contributed by atoms with van der Waals surface area (Å²) in [6.45, 7) is 8.36. The van der Waals surface area contributed by atoms with Crippen LogP contribution in [0.4, 0.5) is 0 Å². The Morgan fingerprint density at radius 3 is 2.88 bits per heavy atom. The molecule has 1 unspecified atom stereocenters. The van der Waals surface area contributed by atoms with Gasteiger partial charge >= 0.3 is 0 Å². The number of hydrogen-bond acceptors (Lipinski definition) is 2. The van der Waals surface area contributed by atoms with E-state index in [4.69, 9.17) is 9.47 Å². The summed E-state index contributed by atoms with van der Waals surface area (Å²) in [7, 11) is 0. The predicted octanol–water partition coefficient (Wildman–Crippen LogP) is 3.75. The van der Waals surface area contributed by atoms with Crippen LogP contribution < -0.4 is 0 Å². The molecule has 1 aliphatic rings. The molecule has 0 bridgehead atoms. The first-order chi connectivity index (χ1) is 8.14. The van der Waals surface area contributed by atoms with E-state index in [1.54, 1.807) is 0 Å². The van der Waals surface area contributed by atoms with Crippen LogP contribution in [-0.4, -0.2) is 19.3 Å². The van der Waals surface area contributed by atoms with Gasteiger partial charge in [0.1, 0.15) is 12.2 Å². The standard InChI is InChI=1S/C15H26O2/c1-4-5-9-15(2,3)10-7-12-17-14-8-6-11-16-13-14/h14H,4-6,8-11,13H2,1-3H3. The number of hydrogen-bond donors (Lipinski definition) is 0. The van der Waals surface area contributed by atoms with Crippen LogP contribution in [0, 0.1) is 17.4 Å². The third-order valence-electron chi connectivity index (χ3n) is 3.19. The van der Waals surface area contributed by atoms with Gasteiger partial charge in [0.25, 0.3) is 0 Å². The Labute approximate surface area is 106 Å². The van der Waals surface area contributed by atoms with Gasteiger partial charge in [-0.1, -0.05) is 39.5 Å². The van der Waals surface area contributed by atoms with Gasteiger partial charge in [0.15, 0.2) is 0 Å². The van der Waals surface area contributed by atoms with E-state index in [1.807, 2.05) is 0 Å². The summed E-state index contributed by atoms with van der Waals surface area (Å²) in [5.74, 6) is 3.15. The first-order valence-corrected chi connectivity index (χ1v) is 6.85. The van der Waals surface area contributed by atoms with Gasteiger partial charge in [-0.05, 0) is 24.7 Å². The second kappa shape index (κ2) is 7.61. The van der Waals surface area contributed by atoms with E-state index in [0.717, 1.165) is 25.9 Å². The minimum Gasteiger partial charge on any atom is -0.441 e. The van der Waals surface area contributed by atoms with E-state index in [1.165, 1.54) is 19.3 Å². The summed E-state index contributed by atoms with van der Waals surface area (Å²) in [5, 5.41) is 0. The van der Waals surface area contributed by atoms with Crippen LogP contribution in [0.2, 0.25) is 0 Å². The lowest BCUT2D eigenvalue weighted by Crippen LogP contribution is -2.23. The first kappa shape index (κ1) is 14.4. The second-order valence-electron chi connectivity index (χ2n) is 5.68. The van der Waals surface area contributed by atoms with Gasteiger partial charge < -0.3 is 9.47 Å². The zero-order chi connectivity index (χ0) is 12.6. The van der Waals surface area contributed by atoms with Crippen molar-refractivity contribution in [1.29, 1.82) is 0 Å². The monoisotopic (exact) mass is 238 g/mol. The SMILES string of the molecule is CCCCC(C)(C)CC#COC1CCCOC1. The van der Waals surface area contributed by atoms with Crippen LogP contribution >= 0.6 is 0 Å². The van der Waals surface area contributed by atoms with E-state index in [0.29, 0.717) is 12.0 Å². The van der Waals surface area contributed by atoms with Gasteiger partial charge in [-0.3, -0.25) is 0 Å². The van der Waals surface area contributed by atoms with Crippen molar-refractivity contribution in [2.45, 2.75) is 65.4 Å². The van der Waals surface area contributed by atoms with E-state index < -0.39 is 0 Å². The normalized spacial score (nSPS) is 20.5. The fourth-order valence-corrected chi connectivity index (χ4v) is 1.95. The molecular formula is C15H26O2. The summed E-state index contributed by atoms with van der Waals surface area (Å²) in [6, 6.07) is 0. The molecule has 1 saturated heterocycles. The number of unbranched alkanes of at least 4 members (excludes halogenated alkanes) is 1. The first-order valence-electron chi connectivity index (χ1n) is 6.85. The molecule has 0 N–H and O–H groups in total. The molecule has 0 spiro atoms. The Balaban J connectivity index is 2.20. The van der Waals surface area contributed by atoms with E-state index >= 15 is 0 Å². The summed E-state index contributed by atoms with van der Waals surface area (Å²) in [4.78, 5) is 0. The third kappa shape index (κ3) is 6.58. The Hall–Kier alpha value is -0.680. The van der Waals surface area contributed by atoms with Crippen LogP contribution in [0.15, 0.2) is 0 Å². The molecule has 98 valence electrons. The summed E-state index contributed by atoms with van der Waals surface area (Å²) < 4.78 is 10.8. The third-order valence-corrected chi connectivity index (χ3v) is 3.19. The molecular weight excluding hydrogens is 212 g/mol. The Morgan fingerprint density at radius 2 is 2.24 bits per heavy atom. The van der Waals surface area contributed by atoms with Gasteiger partial charge in [0.05, 0.1) is 6.61 Å². The summed E-state index contributed by atoms with van der Waals surface area (Å²) in [6.07, 6.45) is 9.91. The van der Waals surface area contributed by atoms with Crippen LogP contribution in [0.25, 0.3) is 0 Å². The largest absolute Gasteiger partial charge is 0.441 e. The smallest absolute Gasteiger partial charge is 0.134 e. The molecule has 0 aromatic rings. The molecule has 0 aliphatic carbocycles. The molecule has 0 aromatic heterocycles. The van der Waals surface area contributed by atoms with Crippen LogP contribution in [0.3, 0.4) is 0 Å². The van der Waals surface area contributed by atoms with Crippen LogP contribution in [-0.2, 0) is 9.47 Å². The maximum absolute atomic E-state index is 5.50. The van der Waals surface area contributed by atoms with Gasteiger partial charge in [0.2, 0.25) is 0 Å². The lowest BCUT2D eigenvalue weighted by molar-refractivity contribution is -0.00580. The second-order valence-corrected chi connectivity index (χ2v) is 5.68. The Kier molecular flexibility index (Phi) is 6.44. The average Bonchev–Trinajstić information content (AvgIpc) is 2.34. The highest BCUT2D eigenvalue weighted by atomic mass is 16.5. The highest BCUT2D eigenvalue weighted by molar-refractivity contribution is 4.96. The molecule has 0 saturated carbocycles. The maximum Gasteiger partial charge on any atom is 0.134 e. The fourth-order valence-electron chi connectivity index (χ4n) is 1.95. The molecule has 1 atom stereocenters. The molecule has 1 rings (SSSR count). The minimum absolute atomic E-state index is 0.190. The summed E-state index contributed by atoms with van der Waals surface area (Å²) >= 11 is 0. The van der Waals surface area contributed by atoms with Crippen molar-refractivity contribution in [3.8, 4) is 12.0 Å². The maximum atomic E-state index is 5.50. The molecule has 0 amide bonds. The molecule has 0 aromatic carbocycles. The van der Waals surface area contributed by atoms with Gasteiger partial charge in [-0.2, -0.15) is 0 Å². The van der Waals surface area contributed by atoms with Crippen LogP contribution in [0.5, 0.6) is 0 Å². The van der Waals surface area contributed by atoms with E-state index in [-0.39, 0.29) is 6.10 Å². The minimum atomic E-state index is 0.190.